The summed E-state index contributed by atoms with van der Waals surface area (Å²) in [4.78, 5) is 29.5. The molecule has 18 heavy (non-hydrogen) atoms. The van der Waals surface area contributed by atoms with Gasteiger partial charge in [-0.1, -0.05) is 0 Å². The van der Waals surface area contributed by atoms with Gasteiger partial charge in [-0.3, -0.25) is 4.79 Å². The molecule has 1 aliphatic rings. The van der Waals surface area contributed by atoms with Crippen molar-refractivity contribution in [3.8, 4) is 0 Å². The molecule has 5 heteroatoms. The first-order chi connectivity index (χ1) is 8.31. The number of piperazine rings is 1. The quantitative estimate of drug-likeness (QED) is 0.748. The van der Waals surface area contributed by atoms with Gasteiger partial charge in [-0.05, 0) is 34.6 Å². The van der Waals surface area contributed by atoms with E-state index in [-0.39, 0.29) is 24.0 Å². The van der Waals surface area contributed by atoms with Gasteiger partial charge >= 0.3 is 6.03 Å². The highest BCUT2D eigenvalue weighted by Gasteiger charge is 2.34. The van der Waals surface area contributed by atoms with Crippen LogP contribution in [0, 0.1) is 0 Å². The van der Waals surface area contributed by atoms with E-state index >= 15 is 0 Å². The molecule has 0 aromatic heterocycles. The van der Waals surface area contributed by atoms with Crippen LogP contribution in [0.2, 0.25) is 0 Å². The highest BCUT2D eigenvalue weighted by atomic mass is 16.2. The number of hydrogen-bond donors (Lipinski definition) is 0. The fraction of sp³-hybridized carbons (Fsp3) is 0.846. The SMILES string of the molecule is CCN(CC)C(=O)N1CCN(C(C)(C)C)C(=O)C1. The second-order valence-electron chi connectivity index (χ2n) is 5.59. The minimum Gasteiger partial charge on any atom is -0.335 e. The van der Waals surface area contributed by atoms with Crippen molar-refractivity contribution in [3.63, 3.8) is 0 Å². The molecule has 1 rings (SSSR count). The second kappa shape index (κ2) is 5.59. The molecule has 0 aromatic carbocycles. The minimum absolute atomic E-state index is 0.0260. The molecule has 0 atom stereocenters. The lowest BCUT2D eigenvalue weighted by molar-refractivity contribution is -0.140. The van der Waals surface area contributed by atoms with Crippen LogP contribution in [0.1, 0.15) is 34.6 Å². The Balaban J connectivity index is 2.66. The second-order valence-corrected chi connectivity index (χ2v) is 5.59. The van der Waals surface area contributed by atoms with Crippen LogP contribution in [0.15, 0.2) is 0 Å². The summed E-state index contributed by atoms with van der Waals surface area (Å²) in [5.41, 5.74) is -0.165. The van der Waals surface area contributed by atoms with Crippen molar-refractivity contribution in [2.45, 2.75) is 40.2 Å². The molecular weight excluding hydrogens is 230 g/mol. The minimum atomic E-state index is -0.165. The van der Waals surface area contributed by atoms with Crippen LogP contribution in [-0.2, 0) is 4.79 Å². The Kier molecular flexibility index (Phi) is 4.59. The van der Waals surface area contributed by atoms with Crippen molar-refractivity contribution in [3.05, 3.63) is 0 Å². The zero-order chi connectivity index (χ0) is 13.9. The molecule has 1 fully saturated rings. The largest absolute Gasteiger partial charge is 0.335 e. The van der Waals surface area contributed by atoms with Gasteiger partial charge in [-0.25, -0.2) is 4.79 Å². The number of carbonyl (C=O) groups is 2. The van der Waals surface area contributed by atoms with Gasteiger partial charge in [0.2, 0.25) is 5.91 Å². The summed E-state index contributed by atoms with van der Waals surface area (Å²) in [5.74, 6) is 0.0363. The standard InChI is InChI=1S/C13H25N3O2/c1-6-14(7-2)12(18)15-8-9-16(11(17)10-15)13(3,4)5/h6-10H2,1-5H3. The van der Waals surface area contributed by atoms with E-state index < -0.39 is 0 Å². The summed E-state index contributed by atoms with van der Waals surface area (Å²) >= 11 is 0. The molecular formula is C13H25N3O2. The van der Waals surface area contributed by atoms with E-state index in [1.165, 1.54) is 0 Å². The van der Waals surface area contributed by atoms with Gasteiger partial charge in [0, 0.05) is 31.7 Å². The number of hydrogen-bond acceptors (Lipinski definition) is 2. The lowest BCUT2D eigenvalue weighted by atomic mass is 10.0. The first kappa shape index (κ1) is 14.8. The average molecular weight is 255 g/mol. The third kappa shape index (κ3) is 3.15. The van der Waals surface area contributed by atoms with Crippen molar-refractivity contribution < 1.29 is 9.59 Å². The van der Waals surface area contributed by atoms with Gasteiger partial charge in [0.1, 0.15) is 6.54 Å². The lowest BCUT2D eigenvalue weighted by Crippen LogP contribution is -2.59. The molecule has 5 nitrogen and oxygen atoms in total. The number of nitrogens with zero attached hydrogens (tertiary/aromatic N) is 3. The van der Waals surface area contributed by atoms with Crippen molar-refractivity contribution in [1.29, 1.82) is 0 Å². The molecule has 0 unspecified atom stereocenters. The molecule has 0 saturated carbocycles. The predicted octanol–water partition coefficient (Wildman–Crippen LogP) is 1.39. The van der Waals surface area contributed by atoms with E-state index in [1.807, 2.05) is 39.5 Å². The van der Waals surface area contributed by atoms with E-state index in [1.54, 1.807) is 9.80 Å². The van der Waals surface area contributed by atoms with Gasteiger partial charge in [0.15, 0.2) is 0 Å². The van der Waals surface area contributed by atoms with Crippen LogP contribution in [0.5, 0.6) is 0 Å². The summed E-state index contributed by atoms with van der Waals surface area (Å²) in [6.45, 7) is 12.8. The highest BCUT2D eigenvalue weighted by molar-refractivity contribution is 5.85. The molecule has 1 heterocycles. The molecule has 3 amide bonds. The Bertz CT molecular complexity index is 319. The number of urea groups is 1. The van der Waals surface area contributed by atoms with Crippen LogP contribution in [-0.4, -0.2) is 64.9 Å². The molecule has 0 N–H and O–H groups in total. The first-order valence-corrected chi connectivity index (χ1v) is 6.65. The Morgan fingerprint density at radius 2 is 1.78 bits per heavy atom. The van der Waals surface area contributed by atoms with Crippen molar-refractivity contribution in [1.82, 2.24) is 14.7 Å². The summed E-state index contributed by atoms with van der Waals surface area (Å²) in [6, 6.07) is -0.0260. The van der Waals surface area contributed by atoms with Crippen LogP contribution in [0.3, 0.4) is 0 Å². The van der Waals surface area contributed by atoms with E-state index in [9.17, 15) is 9.59 Å². The maximum atomic E-state index is 12.1. The third-order valence-corrected chi connectivity index (χ3v) is 3.33. The summed E-state index contributed by atoms with van der Waals surface area (Å²) < 4.78 is 0. The molecule has 0 bridgehead atoms. The topological polar surface area (TPSA) is 43.9 Å². The summed E-state index contributed by atoms with van der Waals surface area (Å²) in [6.07, 6.45) is 0. The number of rotatable bonds is 2. The average Bonchev–Trinajstić information content (AvgIpc) is 2.28. The fourth-order valence-corrected chi connectivity index (χ4v) is 2.24. The summed E-state index contributed by atoms with van der Waals surface area (Å²) in [7, 11) is 0. The molecule has 104 valence electrons. The Morgan fingerprint density at radius 3 is 2.17 bits per heavy atom. The smallest absolute Gasteiger partial charge is 0.320 e. The normalized spacial score (nSPS) is 17.1. The first-order valence-electron chi connectivity index (χ1n) is 6.65. The lowest BCUT2D eigenvalue weighted by Gasteiger charge is -2.42. The molecule has 0 radical (unpaired) electrons. The van der Waals surface area contributed by atoms with Gasteiger partial charge in [0.05, 0.1) is 0 Å². The van der Waals surface area contributed by atoms with E-state index in [2.05, 4.69) is 0 Å². The van der Waals surface area contributed by atoms with Crippen molar-refractivity contribution >= 4 is 11.9 Å². The number of carbonyl (C=O) groups excluding carboxylic acids is 2. The van der Waals surface area contributed by atoms with Gasteiger partial charge < -0.3 is 14.7 Å². The Labute approximate surface area is 110 Å². The zero-order valence-corrected chi connectivity index (χ0v) is 12.2. The van der Waals surface area contributed by atoms with E-state index in [0.29, 0.717) is 26.2 Å². The highest BCUT2D eigenvalue weighted by Crippen LogP contribution is 2.17. The van der Waals surface area contributed by atoms with Gasteiger partial charge in [0.25, 0.3) is 0 Å². The van der Waals surface area contributed by atoms with Gasteiger partial charge in [-0.2, -0.15) is 0 Å². The van der Waals surface area contributed by atoms with Crippen LogP contribution < -0.4 is 0 Å². The Morgan fingerprint density at radius 1 is 1.22 bits per heavy atom. The maximum Gasteiger partial charge on any atom is 0.320 e. The van der Waals surface area contributed by atoms with E-state index in [0.717, 1.165) is 0 Å². The van der Waals surface area contributed by atoms with Crippen LogP contribution in [0.25, 0.3) is 0 Å². The van der Waals surface area contributed by atoms with Crippen LogP contribution >= 0.6 is 0 Å². The Hall–Kier alpha value is -1.26. The molecule has 1 aliphatic heterocycles. The maximum absolute atomic E-state index is 12.1. The van der Waals surface area contributed by atoms with Crippen LogP contribution in [0.4, 0.5) is 4.79 Å². The summed E-state index contributed by atoms with van der Waals surface area (Å²) in [5, 5.41) is 0. The molecule has 0 aromatic rings. The molecule has 0 spiro atoms. The predicted molar refractivity (Wildman–Crippen MR) is 71.4 cm³/mol. The molecule has 1 saturated heterocycles. The molecule has 0 aliphatic carbocycles. The fourth-order valence-electron chi connectivity index (χ4n) is 2.24. The van der Waals surface area contributed by atoms with Crippen molar-refractivity contribution in [2.24, 2.45) is 0 Å². The third-order valence-electron chi connectivity index (χ3n) is 3.33. The van der Waals surface area contributed by atoms with Crippen molar-refractivity contribution in [2.75, 3.05) is 32.7 Å². The zero-order valence-electron chi connectivity index (χ0n) is 12.2. The van der Waals surface area contributed by atoms with Gasteiger partial charge in [-0.15, -0.1) is 0 Å². The number of amides is 3. The van der Waals surface area contributed by atoms with E-state index in [4.69, 9.17) is 0 Å². The monoisotopic (exact) mass is 255 g/mol.